The number of ether oxygens (including phenoxy) is 1. The summed E-state index contributed by atoms with van der Waals surface area (Å²) in [5, 5.41) is 11.7. The summed E-state index contributed by atoms with van der Waals surface area (Å²) in [7, 11) is 0. The molecule has 1 saturated heterocycles. The van der Waals surface area contributed by atoms with E-state index in [1.165, 1.54) is 0 Å². The Kier molecular flexibility index (Phi) is 6.62. The van der Waals surface area contributed by atoms with Crippen LogP contribution in [0.4, 0.5) is 4.79 Å². The van der Waals surface area contributed by atoms with Crippen molar-refractivity contribution in [3.8, 4) is 0 Å². The smallest absolute Gasteiger partial charge is 0.317 e. The minimum absolute atomic E-state index is 0.128. The van der Waals surface area contributed by atoms with Gasteiger partial charge >= 0.3 is 12.0 Å². The van der Waals surface area contributed by atoms with Crippen molar-refractivity contribution in [1.82, 2.24) is 10.2 Å². The molecule has 0 unspecified atom stereocenters. The van der Waals surface area contributed by atoms with Gasteiger partial charge in [0, 0.05) is 26.2 Å². The zero-order valence-corrected chi connectivity index (χ0v) is 11.7. The number of rotatable bonds is 6. The summed E-state index contributed by atoms with van der Waals surface area (Å²) < 4.78 is 5.37. The molecule has 6 nitrogen and oxygen atoms in total. The van der Waals surface area contributed by atoms with E-state index in [-0.39, 0.29) is 11.9 Å². The lowest BCUT2D eigenvalue weighted by Gasteiger charge is -2.30. The van der Waals surface area contributed by atoms with E-state index in [4.69, 9.17) is 9.84 Å². The standard InChI is InChI=1S/C13H24N2O4/c1-10(2)9-19-8-5-14-13(18)15-6-3-11(4-7-15)12(16)17/h10-11H,3-9H2,1-2H3,(H,14,18)(H,16,17). The monoisotopic (exact) mass is 272 g/mol. The summed E-state index contributed by atoms with van der Waals surface area (Å²) in [5.74, 6) is -0.577. The van der Waals surface area contributed by atoms with E-state index in [1.807, 2.05) is 0 Å². The number of urea groups is 1. The maximum absolute atomic E-state index is 11.8. The number of carbonyl (C=O) groups excluding carboxylic acids is 1. The molecule has 0 bridgehead atoms. The van der Waals surface area contributed by atoms with E-state index in [9.17, 15) is 9.59 Å². The number of piperidine rings is 1. The number of hydrogen-bond acceptors (Lipinski definition) is 3. The van der Waals surface area contributed by atoms with Crippen molar-refractivity contribution in [3.05, 3.63) is 0 Å². The number of nitrogens with one attached hydrogen (secondary N) is 1. The molecule has 0 radical (unpaired) electrons. The number of carboxylic acids is 1. The predicted octanol–water partition coefficient (Wildman–Crippen LogP) is 1.17. The Bertz CT molecular complexity index is 299. The number of likely N-dealkylation sites (tertiary alicyclic amines) is 1. The van der Waals surface area contributed by atoms with Crippen LogP contribution in [0.1, 0.15) is 26.7 Å². The Morgan fingerprint density at radius 3 is 2.53 bits per heavy atom. The Labute approximate surface area is 114 Å². The van der Waals surface area contributed by atoms with E-state index < -0.39 is 5.97 Å². The van der Waals surface area contributed by atoms with Gasteiger partial charge in [0.15, 0.2) is 0 Å². The molecule has 6 heteroatoms. The number of hydrogen-bond donors (Lipinski definition) is 2. The van der Waals surface area contributed by atoms with Crippen LogP contribution in [-0.2, 0) is 9.53 Å². The minimum atomic E-state index is -0.762. The Morgan fingerprint density at radius 1 is 1.37 bits per heavy atom. The van der Waals surface area contributed by atoms with E-state index in [0.717, 1.165) is 0 Å². The predicted molar refractivity (Wildman–Crippen MR) is 71.0 cm³/mol. The summed E-state index contributed by atoms with van der Waals surface area (Å²) in [6.07, 6.45) is 1.07. The fourth-order valence-electron chi connectivity index (χ4n) is 1.99. The number of aliphatic carboxylic acids is 1. The fourth-order valence-corrected chi connectivity index (χ4v) is 1.99. The lowest BCUT2D eigenvalue weighted by Crippen LogP contribution is -2.46. The van der Waals surface area contributed by atoms with Gasteiger partial charge in [-0.2, -0.15) is 0 Å². The zero-order valence-electron chi connectivity index (χ0n) is 11.7. The summed E-state index contributed by atoms with van der Waals surface area (Å²) in [5.41, 5.74) is 0. The summed E-state index contributed by atoms with van der Waals surface area (Å²) >= 11 is 0. The average Bonchev–Trinajstić information content (AvgIpc) is 2.37. The van der Waals surface area contributed by atoms with Gasteiger partial charge in [-0.15, -0.1) is 0 Å². The minimum Gasteiger partial charge on any atom is -0.481 e. The van der Waals surface area contributed by atoms with Gasteiger partial charge in [-0.3, -0.25) is 4.79 Å². The highest BCUT2D eigenvalue weighted by atomic mass is 16.5. The van der Waals surface area contributed by atoms with Gasteiger partial charge in [-0.1, -0.05) is 13.8 Å². The molecule has 1 rings (SSSR count). The molecule has 2 N–H and O–H groups in total. The van der Waals surface area contributed by atoms with Gasteiger partial charge in [0.1, 0.15) is 0 Å². The first kappa shape index (κ1) is 15.8. The van der Waals surface area contributed by atoms with Crippen molar-refractivity contribution in [1.29, 1.82) is 0 Å². The largest absolute Gasteiger partial charge is 0.481 e. The lowest BCUT2D eigenvalue weighted by molar-refractivity contribution is -0.143. The number of carbonyl (C=O) groups is 2. The van der Waals surface area contributed by atoms with Crippen molar-refractivity contribution in [2.75, 3.05) is 32.8 Å². The number of amides is 2. The van der Waals surface area contributed by atoms with E-state index in [2.05, 4.69) is 19.2 Å². The molecule has 0 aromatic heterocycles. The number of nitrogens with zero attached hydrogens (tertiary/aromatic N) is 1. The van der Waals surface area contributed by atoms with Gasteiger partial charge < -0.3 is 20.1 Å². The SMILES string of the molecule is CC(C)COCCNC(=O)N1CCC(C(=O)O)CC1. The molecule has 1 fully saturated rings. The van der Waals surface area contributed by atoms with Crippen molar-refractivity contribution in [2.45, 2.75) is 26.7 Å². The molecule has 0 aromatic rings. The first-order chi connectivity index (χ1) is 9.00. The van der Waals surface area contributed by atoms with Gasteiger partial charge in [0.2, 0.25) is 0 Å². The van der Waals surface area contributed by atoms with Crippen LogP contribution >= 0.6 is 0 Å². The van der Waals surface area contributed by atoms with Crippen molar-refractivity contribution in [3.63, 3.8) is 0 Å². The third-order valence-electron chi connectivity index (χ3n) is 3.11. The van der Waals surface area contributed by atoms with Crippen LogP contribution in [0, 0.1) is 11.8 Å². The van der Waals surface area contributed by atoms with E-state index >= 15 is 0 Å². The van der Waals surface area contributed by atoms with Crippen LogP contribution in [0.25, 0.3) is 0 Å². The molecule has 0 aromatic carbocycles. The maximum Gasteiger partial charge on any atom is 0.317 e. The second-order valence-electron chi connectivity index (χ2n) is 5.30. The highest BCUT2D eigenvalue weighted by Crippen LogP contribution is 2.16. The molecule has 1 aliphatic heterocycles. The molecular weight excluding hydrogens is 248 g/mol. The van der Waals surface area contributed by atoms with Crippen molar-refractivity contribution < 1.29 is 19.4 Å². The van der Waals surface area contributed by atoms with E-state index in [1.54, 1.807) is 4.90 Å². The topological polar surface area (TPSA) is 78.9 Å². The Hall–Kier alpha value is -1.30. The van der Waals surface area contributed by atoms with Crippen molar-refractivity contribution in [2.24, 2.45) is 11.8 Å². The zero-order chi connectivity index (χ0) is 14.3. The molecule has 0 aliphatic carbocycles. The Balaban J connectivity index is 2.12. The van der Waals surface area contributed by atoms with Crippen molar-refractivity contribution >= 4 is 12.0 Å². The molecule has 1 aliphatic rings. The Morgan fingerprint density at radius 2 is 2.00 bits per heavy atom. The first-order valence-electron chi connectivity index (χ1n) is 6.84. The summed E-state index contributed by atoms with van der Waals surface area (Å²) in [6, 6.07) is -0.128. The molecule has 1 heterocycles. The van der Waals surface area contributed by atoms with Crippen LogP contribution < -0.4 is 5.32 Å². The molecule has 110 valence electrons. The molecule has 19 heavy (non-hydrogen) atoms. The molecule has 0 spiro atoms. The second kappa shape index (κ2) is 7.99. The lowest BCUT2D eigenvalue weighted by atomic mass is 9.97. The number of carboxylic acid groups (broad SMARTS) is 1. The normalized spacial score (nSPS) is 16.7. The van der Waals surface area contributed by atoms with E-state index in [0.29, 0.717) is 51.6 Å². The molecular formula is C13H24N2O4. The third-order valence-corrected chi connectivity index (χ3v) is 3.11. The van der Waals surface area contributed by atoms with Crippen LogP contribution in [-0.4, -0.2) is 54.9 Å². The average molecular weight is 272 g/mol. The maximum atomic E-state index is 11.8. The second-order valence-corrected chi connectivity index (χ2v) is 5.30. The van der Waals surface area contributed by atoms with Crippen LogP contribution in [0.5, 0.6) is 0 Å². The highest BCUT2D eigenvalue weighted by molar-refractivity contribution is 5.75. The summed E-state index contributed by atoms with van der Waals surface area (Å²) in [6.45, 7) is 6.86. The van der Waals surface area contributed by atoms with Crippen LogP contribution in [0.2, 0.25) is 0 Å². The van der Waals surface area contributed by atoms with Gasteiger partial charge in [-0.05, 0) is 18.8 Å². The molecule has 0 atom stereocenters. The van der Waals surface area contributed by atoms with Gasteiger partial charge in [0.25, 0.3) is 0 Å². The molecule has 2 amide bonds. The summed E-state index contributed by atoms with van der Waals surface area (Å²) in [4.78, 5) is 24.2. The third kappa shape index (κ3) is 5.92. The quantitative estimate of drug-likeness (QED) is 0.711. The van der Waals surface area contributed by atoms with Crippen LogP contribution in [0.15, 0.2) is 0 Å². The molecule has 0 saturated carbocycles. The van der Waals surface area contributed by atoms with Gasteiger partial charge in [-0.25, -0.2) is 4.79 Å². The van der Waals surface area contributed by atoms with Gasteiger partial charge in [0.05, 0.1) is 12.5 Å². The highest BCUT2D eigenvalue weighted by Gasteiger charge is 2.26. The van der Waals surface area contributed by atoms with Crippen LogP contribution in [0.3, 0.4) is 0 Å². The first-order valence-corrected chi connectivity index (χ1v) is 6.84. The fraction of sp³-hybridized carbons (Fsp3) is 0.846.